The molecule has 8 heteroatoms. The number of anilines is 1. The topological polar surface area (TPSA) is 77.4 Å². The number of fused-ring (bicyclic) bond motifs is 1. The summed E-state index contributed by atoms with van der Waals surface area (Å²) in [5.74, 6) is 1.84. The number of amidine groups is 1. The lowest BCUT2D eigenvalue weighted by atomic mass is 10.1. The maximum absolute atomic E-state index is 13.3. The molecule has 0 fully saturated rings. The number of thioether (sulfide) groups is 1. The van der Waals surface area contributed by atoms with Crippen molar-refractivity contribution < 1.29 is 23.8 Å². The number of Topliss-reactive ketones (excluding diaryl/α,β-unsaturated/α-hetero) is 1. The van der Waals surface area contributed by atoms with Gasteiger partial charge in [-0.1, -0.05) is 36.0 Å². The van der Waals surface area contributed by atoms with Crippen molar-refractivity contribution in [3.05, 3.63) is 89.6 Å². The second kappa shape index (κ2) is 10.1. The largest absolute Gasteiger partial charge is 0.494 e. The summed E-state index contributed by atoms with van der Waals surface area (Å²) in [6.45, 7) is 2.65. The summed E-state index contributed by atoms with van der Waals surface area (Å²) in [5.41, 5.74) is 2.31. The van der Waals surface area contributed by atoms with Crippen molar-refractivity contribution >= 4 is 40.4 Å². The van der Waals surface area contributed by atoms with E-state index in [-0.39, 0.29) is 29.9 Å². The maximum Gasteiger partial charge on any atom is 0.283 e. The van der Waals surface area contributed by atoms with Gasteiger partial charge in [-0.3, -0.25) is 14.5 Å². The molecule has 2 aliphatic rings. The number of hydrogen-bond acceptors (Lipinski definition) is 7. The van der Waals surface area contributed by atoms with E-state index < -0.39 is 0 Å². The third-order valence-corrected chi connectivity index (χ3v) is 6.30. The number of nitrogens with zero attached hydrogens (tertiary/aromatic N) is 2. The van der Waals surface area contributed by atoms with E-state index in [1.165, 1.54) is 16.7 Å². The molecule has 3 aromatic rings. The SMILES string of the molecule is CCOc1ccc(C(=O)CSC2=N/C(=C\c3ccc4c(c3)OCO4)C(=O)N2c2ccccc2)cc1. The Bertz CT molecular complexity index is 1320. The first-order valence-corrected chi connectivity index (χ1v) is 12.1. The first-order valence-electron chi connectivity index (χ1n) is 11.1. The number of carbonyl (C=O) groups is 2. The highest BCUT2D eigenvalue weighted by atomic mass is 32.2. The van der Waals surface area contributed by atoms with Crippen LogP contribution in [0.25, 0.3) is 6.08 Å². The average molecular weight is 487 g/mol. The van der Waals surface area contributed by atoms with E-state index in [1.807, 2.05) is 49.4 Å². The summed E-state index contributed by atoms with van der Waals surface area (Å²) in [7, 11) is 0. The van der Waals surface area contributed by atoms with Gasteiger partial charge >= 0.3 is 0 Å². The molecule has 0 radical (unpaired) electrons. The Hall–Kier alpha value is -4.04. The molecule has 35 heavy (non-hydrogen) atoms. The van der Waals surface area contributed by atoms with E-state index in [2.05, 4.69) is 4.99 Å². The second-order valence-corrected chi connectivity index (χ2v) is 8.62. The van der Waals surface area contributed by atoms with Gasteiger partial charge in [0.25, 0.3) is 5.91 Å². The van der Waals surface area contributed by atoms with Gasteiger partial charge in [-0.05, 0) is 67.1 Å². The van der Waals surface area contributed by atoms with Crippen molar-refractivity contribution in [2.75, 3.05) is 24.1 Å². The Balaban J connectivity index is 1.38. The standard InChI is InChI=1S/C27H22N2O5S/c1-2-32-21-11-9-19(10-12-21)23(30)16-35-27-28-22(26(31)29(27)20-6-4-3-5-7-20)14-18-8-13-24-25(15-18)34-17-33-24/h3-15H,2,16-17H2,1H3/b22-14-. The molecule has 0 saturated carbocycles. The number of ketones is 1. The zero-order valence-corrected chi connectivity index (χ0v) is 19.8. The Kier molecular flexibility index (Phi) is 6.54. The monoisotopic (exact) mass is 486 g/mol. The van der Waals surface area contributed by atoms with E-state index in [0.717, 1.165) is 11.3 Å². The van der Waals surface area contributed by atoms with Gasteiger partial charge < -0.3 is 14.2 Å². The van der Waals surface area contributed by atoms with Crippen molar-refractivity contribution in [3.8, 4) is 17.2 Å². The van der Waals surface area contributed by atoms with Crippen LogP contribution in [0.4, 0.5) is 5.69 Å². The molecule has 0 aromatic heterocycles. The van der Waals surface area contributed by atoms with Crippen LogP contribution in [0.2, 0.25) is 0 Å². The van der Waals surface area contributed by atoms with E-state index in [0.29, 0.717) is 34.5 Å². The summed E-state index contributed by atoms with van der Waals surface area (Å²) in [6.07, 6.45) is 1.71. The molecule has 0 N–H and O–H groups in total. The number of ether oxygens (including phenoxy) is 3. The summed E-state index contributed by atoms with van der Waals surface area (Å²) in [5, 5.41) is 0.451. The van der Waals surface area contributed by atoms with E-state index >= 15 is 0 Å². The van der Waals surface area contributed by atoms with Crippen molar-refractivity contribution in [1.82, 2.24) is 0 Å². The van der Waals surface area contributed by atoms with Gasteiger partial charge in [0.05, 0.1) is 18.0 Å². The van der Waals surface area contributed by atoms with Gasteiger partial charge in [-0.2, -0.15) is 0 Å². The number of hydrogen-bond donors (Lipinski definition) is 0. The molecule has 2 aliphatic heterocycles. The summed E-state index contributed by atoms with van der Waals surface area (Å²) in [4.78, 5) is 32.3. The Morgan fingerprint density at radius 1 is 1.06 bits per heavy atom. The van der Waals surface area contributed by atoms with Gasteiger partial charge in [-0.15, -0.1) is 0 Å². The van der Waals surface area contributed by atoms with Gasteiger partial charge in [-0.25, -0.2) is 4.99 Å². The molecule has 0 saturated heterocycles. The summed E-state index contributed by atoms with van der Waals surface area (Å²) < 4.78 is 16.2. The molecule has 0 spiro atoms. The van der Waals surface area contributed by atoms with Crippen LogP contribution in [0.1, 0.15) is 22.8 Å². The fourth-order valence-electron chi connectivity index (χ4n) is 3.68. The zero-order chi connectivity index (χ0) is 24.2. The third kappa shape index (κ3) is 4.93. The molecule has 0 bridgehead atoms. The predicted octanol–water partition coefficient (Wildman–Crippen LogP) is 5.17. The van der Waals surface area contributed by atoms with Crippen LogP contribution in [0, 0.1) is 0 Å². The molecule has 0 atom stereocenters. The van der Waals surface area contributed by atoms with Crippen molar-refractivity contribution in [1.29, 1.82) is 0 Å². The predicted molar refractivity (Wildman–Crippen MR) is 136 cm³/mol. The van der Waals surface area contributed by atoms with E-state index in [9.17, 15) is 9.59 Å². The lowest BCUT2D eigenvalue weighted by molar-refractivity contribution is -0.113. The first-order chi connectivity index (χ1) is 17.1. The van der Waals surface area contributed by atoms with Crippen LogP contribution in [-0.2, 0) is 4.79 Å². The highest BCUT2D eigenvalue weighted by Crippen LogP contribution is 2.34. The minimum absolute atomic E-state index is 0.0607. The highest BCUT2D eigenvalue weighted by Gasteiger charge is 2.32. The molecule has 5 rings (SSSR count). The number of para-hydroxylation sites is 1. The molecular formula is C27H22N2O5S. The minimum Gasteiger partial charge on any atom is -0.494 e. The van der Waals surface area contributed by atoms with Crippen molar-refractivity contribution in [3.63, 3.8) is 0 Å². The molecule has 0 aliphatic carbocycles. The Morgan fingerprint density at radius 2 is 1.83 bits per heavy atom. The molecular weight excluding hydrogens is 464 g/mol. The van der Waals surface area contributed by atoms with Crippen molar-refractivity contribution in [2.45, 2.75) is 6.92 Å². The van der Waals surface area contributed by atoms with Crippen LogP contribution in [0.15, 0.2) is 83.5 Å². The molecule has 176 valence electrons. The average Bonchev–Trinajstić information content (AvgIpc) is 3.47. The fourth-order valence-corrected chi connectivity index (χ4v) is 4.58. The van der Waals surface area contributed by atoms with Crippen LogP contribution in [0.5, 0.6) is 17.2 Å². The number of benzene rings is 3. The number of amides is 1. The number of aliphatic imine (C=N–C) groups is 1. The molecule has 1 amide bonds. The summed E-state index contributed by atoms with van der Waals surface area (Å²) >= 11 is 1.23. The zero-order valence-electron chi connectivity index (χ0n) is 19.0. The van der Waals surface area contributed by atoms with Crippen molar-refractivity contribution in [2.24, 2.45) is 4.99 Å². The van der Waals surface area contributed by atoms with Crippen LogP contribution >= 0.6 is 11.8 Å². The first kappa shape index (κ1) is 22.7. The van der Waals surface area contributed by atoms with Crippen LogP contribution in [-0.4, -0.2) is 36.0 Å². The van der Waals surface area contributed by atoms with Gasteiger partial charge in [0, 0.05) is 5.56 Å². The highest BCUT2D eigenvalue weighted by molar-refractivity contribution is 8.14. The molecule has 0 unspecified atom stereocenters. The third-order valence-electron chi connectivity index (χ3n) is 5.36. The summed E-state index contributed by atoms with van der Waals surface area (Å²) in [6, 6.07) is 21.8. The van der Waals surface area contributed by atoms with Crippen LogP contribution in [0.3, 0.4) is 0 Å². The van der Waals surface area contributed by atoms with E-state index in [4.69, 9.17) is 14.2 Å². The Labute approximate surface area is 207 Å². The Morgan fingerprint density at radius 3 is 2.60 bits per heavy atom. The lowest BCUT2D eigenvalue weighted by Gasteiger charge is -2.17. The van der Waals surface area contributed by atoms with Gasteiger partial charge in [0.15, 0.2) is 22.4 Å². The molecule has 2 heterocycles. The minimum atomic E-state index is -0.259. The number of carbonyl (C=O) groups excluding carboxylic acids is 2. The fraction of sp³-hybridized carbons (Fsp3) is 0.148. The molecule has 7 nitrogen and oxygen atoms in total. The van der Waals surface area contributed by atoms with Crippen LogP contribution < -0.4 is 19.1 Å². The lowest BCUT2D eigenvalue weighted by Crippen LogP contribution is -2.30. The van der Waals surface area contributed by atoms with Gasteiger partial charge in [0.1, 0.15) is 11.4 Å². The maximum atomic E-state index is 13.3. The normalized spacial score (nSPS) is 15.5. The quantitative estimate of drug-likeness (QED) is 0.339. The number of rotatable bonds is 7. The van der Waals surface area contributed by atoms with Gasteiger partial charge in [0.2, 0.25) is 6.79 Å². The van der Waals surface area contributed by atoms with E-state index in [1.54, 1.807) is 36.4 Å². The second-order valence-electron chi connectivity index (χ2n) is 7.68. The smallest absolute Gasteiger partial charge is 0.283 e. The molecule has 3 aromatic carbocycles.